The zero-order valence-corrected chi connectivity index (χ0v) is 21.6. The predicted molar refractivity (Wildman–Crippen MR) is 149 cm³/mol. The van der Waals surface area contributed by atoms with Crippen molar-refractivity contribution in [3.05, 3.63) is 95.7 Å². The lowest BCUT2D eigenvalue weighted by Crippen LogP contribution is -2.33. The highest BCUT2D eigenvalue weighted by atomic mass is 32.2. The normalized spacial score (nSPS) is 14.9. The van der Waals surface area contributed by atoms with E-state index in [0.29, 0.717) is 34.5 Å². The van der Waals surface area contributed by atoms with Crippen LogP contribution in [-0.2, 0) is 9.59 Å². The summed E-state index contributed by atoms with van der Waals surface area (Å²) in [5.41, 5.74) is 2.82. The van der Waals surface area contributed by atoms with Crippen molar-refractivity contribution in [1.82, 2.24) is 0 Å². The molecule has 0 aliphatic carbocycles. The van der Waals surface area contributed by atoms with Gasteiger partial charge in [0.05, 0.1) is 17.5 Å². The number of aliphatic imine (C=N–C) groups is 1. The van der Waals surface area contributed by atoms with Crippen LogP contribution in [0.4, 0.5) is 11.4 Å². The molecule has 37 heavy (non-hydrogen) atoms. The molecule has 0 radical (unpaired) electrons. The Morgan fingerprint density at radius 2 is 1.70 bits per heavy atom. The van der Waals surface area contributed by atoms with E-state index in [0.717, 1.165) is 5.56 Å². The zero-order valence-electron chi connectivity index (χ0n) is 20.8. The van der Waals surface area contributed by atoms with Crippen LogP contribution in [0.3, 0.4) is 0 Å². The molecule has 1 aliphatic rings. The first-order valence-corrected chi connectivity index (χ1v) is 12.8. The topological polar surface area (TPSA) is 88.1 Å². The molecule has 1 heterocycles. The number of anilines is 2. The van der Waals surface area contributed by atoms with Gasteiger partial charge in [-0.25, -0.2) is 4.99 Å². The molecule has 0 saturated carbocycles. The van der Waals surface area contributed by atoms with Gasteiger partial charge >= 0.3 is 0 Å². The van der Waals surface area contributed by atoms with Crippen molar-refractivity contribution in [2.75, 3.05) is 16.8 Å². The number of benzene rings is 3. The Balaban J connectivity index is 1.59. The monoisotopic (exact) mass is 513 g/mol. The van der Waals surface area contributed by atoms with Gasteiger partial charge in [-0.05, 0) is 69.3 Å². The summed E-state index contributed by atoms with van der Waals surface area (Å²) in [5.74, 6) is 0.0890. The summed E-state index contributed by atoms with van der Waals surface area (Å²) in [6.45, 7) is 5.65. The van der Waals surface area contributed by atoms with Gasteiger partial charge in [0.15, 0.2) is 11.0 Å². The van der Waals surface area contributed by atoms with Crippen molar-refractivity contribution in [3.63, 3.8) is 0 Å². The van der Waals surface area contributed by atoms with Gasteiger partial charge in [0.25, 0.3) is 5.91 Å². The number of amides is 2. The molecule has 2 amide bonds. The van der Waals surface area contributed by atoms with Crippen molar-refractivity contribution < 1.29 is 19.1 Å². The number of Topliss-reactive ketones (excluding diaryl/α,β-unsaturated/α-hetero) is 1. The highest BCUT2D eigenvalue weighted by molar-refractivity contribution is 8.15. The number of para-hydroxylation sites is 2. The molecule has 1 atom stereocenters. The van der Waals surface area contributed by atoms with Crippen LogP contribution in [0.2, 0.25) is 0 Å². The van der Waals surface area contributed by atoms with Crippen molar-refractivity contribution in [2.24, 2.45) is 4.99 Å². The second-order valence-electron chi connectivity index (χ2n) is 8.25. The Morgan fingerprint density at radius 3 is 2.38 bits per heavy atom. The van der Waals surface area contributed by atoms with Gasteiger partial charge in [0.2, 0.25) is 5.91 Å². The van der Waals surface area contributed by atoms with Gasteiger partial charge in [-0.15, -0.1) is 0 Å². The Kier molecular flexibility index (Phi) is 8.20. The summed E-state index contributed by atoms with van der Waals surface area (Å²) in [4.78, 5) is 44.1. The minimum Gasteiger partial charge on any atom is -0.493 e. The molecule has 188 valence electrons. The molecule has 1 unspecified atom stereocenters. The van der Waals surface area contributed by atoms with Crippen molar-refractivity contribution in [2.45, 2.75) is 26.0 Å². The van der Waals surface area contributed by atoms with E-state index in [1.165, 1.54) is 23.6 Å². The van der Waals surface area contributed by atoms with Gasteiger partial charge in [-0.3, -0.25) is 19.3 Å². The highest BCUT2D eigenvalue weighted by Crippen LogP contribution is 2.32. The fraction of sp³-hybridized carbons (Fsp3) is 0.172. The Hall–Kier alpha value is -4.17. The average Bonchev–Trinajstić information content (AvgIpc) is 3.20. The zero-order chi connectivity index (χ0) is 26.4. The van der Waals surface area contributed by atoms with Gasteiger partial charge in [-0.1, -0.05) is 48.2 Å². The average molecular weight is 514 g/mol. The summed E-state index contributed by atoms with van der Waals surface area (Å²) >= 11 is 1.19. The molecule has 0 spiro atoms. The summed E-state index contributed by atoms with van der Waals surface area (Å²) in [5, 5.41) is 2.71. The van der Waals surface area contributed by atoms with Crippen LogP contribution in [-0.4, -0.2) is 34.6 Å². The minimum absolute atomic E-state index is 0.0422. The van der Waals surface area contributed by atoms with Crippen LogP contribution in [0.25, 0.3) is 6.08 Å². The van der Waals surface area contributed by atoms with E-state index in [-0.39, 0.29) is 23.3 Å². The molecule has 0 saturated heterocycles. The van der Waals surface area contributed by atoms with Crippen molar-refractivity contribution >= 4 is 52.0 Å². The second-order valence-corrected chi connectivity index (χ2v) is 9.56. The van der Waals surface area contributed by atoms with Crippen molar-refractivity contribution in [1.29, 1.82) is 0 Å². The lowest BCUT2D eigenvalue weighted by molar-refractivity contribution is -0.115. The van der Waals surface area contributed by atoms with Crippen LogP contribution in [0.1, 0.15) is 36.7 Å². The summed E-state index contributed by atoms with van der Waals surface area (Å²) in [6.07, 6.45) is 1.71. The van der Waals surface area contributed by atoms with Gasteiger partial charge in [0, 0.05) is 16.8 Å². The molecule has 8 heteroatoms. The van der Waals surface area contributed by atoms with Gasteiger partial charge in [0.1, 0.15) is 11.4 Å². The minimum atomic E-state index is -0.555. The summed E-state index contributed by atoms with van der Waals surface area (Å²) in [7, 11) is 0. The number of carbonyl (C=O) groups is 3. The van der Waals surface area contributed by atoms with Crippen LogP contribution < -0.4 is 15.0 Å². The number of ketones is 1. The van der Waals surface area contributed by atoms with Gasteiger partial charge in [-0.2, -0.15) is 0 Å². The van der Waals surface area contributed by atoms with E-state index in [9.17, 15) is 14.4 Å². The molecule has 1 aliphatic heterocycles. The van der Waals surface area contributed by atoms with Crippen molar-refractivity contribution in [3.8, 4) is 5.75 Å². The molecule has 3 aromatic carbocycles. The van der Waals surface area contributed by atoms with Crippen LogP contribution in [0.5, 0.6) is 5.75 Å². The maximum atomic E-state index is 13.5. The van der Waals surface area contributed by atoms with E-state index in [1.807, 2.05) is 61.5 Å². The van der Waals surface area contributed by atoms with E-state index in [1.54, 1.807) is 37.3 Å². The van der Waals surface area contributed by atoms with E-state index in [2.05, 4.69) is 10.3 Å². The number of thioether (sulfide) groups is 1. The molecule has 1 N–H and O–H groups in total. The summed E-state index contributed by atoms with van der Waals surface area (Å²) in [6, 6.07) is 23.4. The Bertz CT molecular complexity index is 1370. The van der Waals surface area contributed by atoms with E-state index < -0.39 is 5.25 Å². The third kappa shape index (κ3) is 6.16. The third-order valence-corrected chi connectivity index (χ3v) is 6.62. The fourth-order valence-corrected chi connectivity index (χ4v) is 4.58. The quantitative estimate of drug-likeness (QED) is 0.304. The third-order valence-electron chi connectivity index (χ3n) is 5.57. The maximum Gasteiger partial charge on any atom is 0.283 e. The molecule has 0 aromatic heterocycles. The van der Waals surface area contributed by atoms with Gasteiger partial charge < -0.3 is 10.1 Å². The number of ether oxygens (including phenoxy) is 1. The number of hydrogen-bond donors (Lipinski definition) is 1. The largest absolute Gasteiger partial charge is 0.493 e. The first kappa shape index (κ1) is 25.9. The summed E-state index contributed by atoms with van der Waals surface area (Å²) < 4.78 is 5.70. The Labute approximate surface area is 220 Å². The standard InChI is InChI=1S/C29H27N3O4S/c1-4-36-26-13-9-8-10-22(26)18-25-28(35)32(24-11-6-5-7-12-24)29(31-25)37-20(3)27(34)30-23-16-14-21(15-17-23)19(2)33/h5-18,20H,4H2,1-3H3,(H,30,34)/b25-18+. The number of nitrogens with zero attached hydrogens (tertiary/aromatic N) is 2. The van der Waals surface area contributed by atoms with Crippen LogP contribution in [0.15, 0.2) is 89.6 Å². The number of rotatable bonds is 8. The smallest absolute Gasteiger partial charge is 0.283 e. The molecule has 0 bridgehead atoms. The predicted octanol–water partition coefficient (Wildman–Crippen LogP) is 5.79. The number of carbonyl (C=O) groups excluding carboxylic acids is 3. The molecule has 3 aromatic rings. The Morgan fingerprint density at radius 1 is 1.03 bits per heavy atom. The molecule has 0 fully saturated rings. The molecule has 7 nitrogen and oxygen atoms in total. The maximum absolute atomic E-state index is 13.5. The lowest BCUT2D eigenvalue weighted by atomic mass is 10.1. The first-order chi connectivity index (χ1) is 17.9. The number of nitrogens with one attached hydrogen (secondary N) is 1. The van der Waals surface area contributed by atoms with E-state index in [4.69, 9.17) is 4.74 Å². The number of amidine groups is 1. The lowest BCUT2D eigenvalue weighted by Gasteiger charge is -2.20. The van der Waals surface area contributed by atoms with E-state index >= 15 is 0 Å². The van der Waals surface area contributed by atoms with Crippen LogP contribution >= 0.6 is 11.8 Å². The second kappa shape index (κ2) is 11.7. The van der Waals surface area contributed by atoms with Crippen LogP contribution in [0, 0.1) is 0 Å². The first-order valence-electron chi connectivity index (χ1n) is 11.9. The SMILES string of the molecule is CCOc1ccccc1/C=C1/N=C(SC(C)C(=O)Nc2ccc(C(C)=O)cc2)N(c2ccccc2)C1=O. The highest BCUT2D eigenvalue weighted by Gasteiger charge is 2.34. The number of hydrogen-bond acceptors (Lipinski definition) is 6. The molecule has 4 rings (SSSR count). The molecular weight excluding hydrogens is 486 g/mol. The fourth-order valence-electron chi connectivity index (χ4n) is 3.66. The molecular formula is C29H27N3O4S.